The number of hydrogen-bond donors (Lipinski definition) is 1. The van der Waals surface area contributed by atoms with Crippen LogP contribution in [0.3, 0.4) is 0 Å². The van der Waals surface area contributed by atoms with Crippen LogP contribution in [0.15, 0.2) is 18.2 Å². The Morgan fingerprint density at radius 1 is 1.33 bits per heavy atom. The van der Waals surface area contributed by atoms with E-state index in [-0.39, 0.29) is 5.41 Å². The van der Waals surface area contributed by atoms with E-state index in [4.69, 9.17) is 4.74 Å². The molecule has 1 unspecified atom stereocenters. The summed E-state index contributed by atoms with van der Waals surface area (Å²) in [4.78, 5) is 0. The molecule has 3 rings (SSSR count). The zero-order valence-corrected chi connectivity index (χ0v) is 13.7. The Morgan fingerprint density at radius 2 is 2.14 bits per heavy atom. The maximum absolute atomic E-state index is 5.82. The van der Waals surface area contributed by atoms with Gasteiger partial charge in [-0.25, -0.2) is 0 Å². The average molecular weight is 287 g/mol. The van der Waals surface area contributed by atoms with E-state index in [2.05, 4.69) is 44.3 Å². The van der Waals surface area contributed by atoms with Crippen LogP contribution in [-0.2, 0) is 5.41 Å². The molecular weight excluding hydrogens is 258 g/mol. The third-order valence-electron chi connectivity index (χ3n) is 5.16. The molecule has 1 aliphatic heterocycles. The monoisotopic (exact) mass is 287 g/mol. The van der Waals surface area contributed by atoms with Crippen LogP contribution in [-0.4, -0.2) is 13.2 Å². The van der Waals surface area contributed by atoms with Gasteiger partial charge in [0.25, 0.3) is 0 Å². The number of fused-ring (bicyclic) bond motifs is 1. The summed E-state index contributed by atoms with van der Waals surface area (Å²) in [6, 6.07) is 7.36. The first-order valence-corrected chi connectivity index (χ1v) is 8.61. The van der Waals surface area contributed by atoms with Gasteiger partial charge in [0, 0.05) is 17.0 Å². The van der Waals surface area contributed by atoms with E-state index in [1.54, 1.807) is 0 Å². The minimum Gasteiger partial charge on any atom is -0.492 e. The van der Waals surface area contributed by atoms with Gasteiger partial charge >= 0.3 is 0 Å². The van der Waals surface area contributed by atoms with Crippen LogP contribution in [0.2, 0.25) is 0 Å². The molecule has 21 heavy (non-hydrogen) atoms. The lowest BCUT2D eigenvalue weighted by atomic mass is 9.78. The van der Waals surface area contributed by atoms with Gasteiger partial charge in [-0.3, -0.25) is 0 Å². The smallest absolute Gasteiger partial charge is 0.123 e. The van der Waals surface area contributed by atoms with Crippen molar-refractivity contribution >= 4 is 0 Å². The Kier molecular flexibility index (Phi) is 4.26. The fourth-order valence-corrected chi connectivity index (χ4v) is 3.47. The summed E-state index contributed by atoms with van der Waals surface area (Å²) < 4.78 is 5.82. The van der Waals surface area contributed by atoms with E-state index < -0.39 is 0 Å². The van der Waals surface area contributed by atoms with Crippen LogP contribution >= 0.6 is 0 Å². The van der Waals surface area contributed by atoms with Crippen molar-refractivity contribution in [3.8, 4) is 5.75 Å². The van der Waals surface area contributed by atoms with Crippen LogP contribution < -0.4 is 10.1 Å². The summed E-state index contributed by atoms with van der Waals surface area (Å²) in [6.07, 6.45) is 6.75. The maximum Gasteiger partial charge on any atom is 0.123 e. The largest absolute Gasteiger partial charge is 0.492 e. The molecule has 1 atom stereocenters. The van der Waals surface area contributed by atoms with E-state index in [0.717, 1.165) is 24.8 Å². The Bertz CT molecular complexity index is 490. The summed E-state index contributed by atoms with van der Waals surface area (Å²) in [7, 11) is 0. The van der Waals surface area contributed by atoms with Crippen molar-refractivity contribution in [2.24, 2.45) is 5.92 Å². The quantitative estimate of drug-likeness (QED) is 0.826. The van der Waals surface area contributed by atoms with Crippen molar-refractivity contribution in [3.63, 3.8) is 0 Å². The van der Waals surface area contributed by atoms with Crippen molar-refractivity contribution in [2.45, 2.75) is 64.3 Å². The van der Waals surface area contributed by atoms with Crippen molar-refractivity contribution in [3.05, 3.63) is 29.3 Å². The first-order valence-electron chi connectivity index (χ1n) is 8.61. The van der Waals surface area contributed by atoms with Crippen LogP contribution in [0.4, 0.5) is 0 Å². The van der Waals surface area contributed by atoms with Gasteiger partial charge in [-0.2, -0.15) is 0 Å². The molecule has 0 spiro atoms. The maximum atomic E-state index is 5.82. The summed E-state index contributed by atoms with van der Waals surface area (Å²) in [5.41, 5.74) is 2.99. The van der Waals surface area contributed by atoms with E-state index in [1.165, 1.54) is 43.2 Å². The highest BCUT2D eigenvalue weighted by atomic mass is 16.5. The Hall–Kier alpha value is -1.02. The first kappa shape index (κ1) is 14.9. The normalized spacial score (nSPS) is 21.5. The number of rotatable bonds is 6. The van der Waals surface area contributed by atoms with Crippen LogP contribution in [0.5, 0.6) is 5.75 Å². The molecular formula is C19H29NO. The van der Waals surface area contributed by atoms with Crippen molar-refractivity contribution in [2.75, 3.05) is 13.2 Å². The molecule has 1 aromatic rings. The fraction of sp³-hybridized carbons (Fsp3) is 0.684. The second-order valence-corrected chi connectivity index (χ2v) is 7.47. The molecule has 0 bridgehead atoms. The van der Waals surface area contributed by atoms with Gasteiger partial charge in [-0.1, -0.05) is 46.1 Å². The van der Waals surface area contributed by atoms with E-state index in [1.807, 2.05) is 0 Å². The lowest BCUT2D eigenvalue weighted by Gasteiger charge is -2.31. The first-order chi connectivity index (χ1) is 10.1. The number of nitrogens with one attached hydrogen (secondary N) is 1. The van der Waals surface area contributed by atoms with Crippen molar-refractivity contribution in [1.82, 2.24) is 5.32 Å². The molecule has 0 radical (unpaired) electrons. The molecule has 2 nitrogen and oxygen atoms in total. The molecule has 1 N–H and O–H groups in total. The Balaban J connectivity index is 1.81. The van der Waals surface area contributed by atoms with Gasteiger partial charge in [-0.05, 0) is 43.0 Å². The average Bonchev–Trinajstić information content (AvgIpc) is 2.73. The molecule has 1 aliphatic carbocycles. The zero-order valence-electron chi connectivity index (χ0n) is 13.7. The zero-order chi connectivity index (χ0) is 14.9. The van der Waals surface area contributed by atoms with E-state index >= 15 is 0 Å². The summed E-state index contributed by atoms with van der Waals surface area (Å²) in [5.74, 6) is 2.01. The third kappa shape index (κ3) is 3.11. The third-order valence-corrected chi connectivity index (χ3v) is 5.16. The number of ether oxygens (including phenoxy) is 1. The highest BCUT2D eigenvalue weighted by Crippen LogP contribution is 2.41. The van der Waals surface area contributed by atoms with Crippen molar-refractivity contribution < 1.29 is 4.74 Å². The summed E-state index contributed by atoms with van der Waals surface area (Å²) in [5, 5.41) is 3.76. The van der Waals surface area contributed by atoms with E-state index in [9.17, 15) is 0 Å². The second kappa shape index (κ2) is 6.00. The van der Waals surface area contributed by atoms with Gasteiger partial charge in [0.15, 0.2) is 0 Å². The van der Waals surface area contributed by atoms with Gasteiger partial charge in [-0.15, -0.1) is 0 Å². The lowest BCUT2D eigenvalue weighted by Crippen LogP contribution is -2.27. The molecule has 2 aliphatic rings. The van der Waals surface area contributed by atoms with Crippen LogP contribution in [0.25, 0.3) is 0 Å². The Morgan fingerprint density at radius 3 is 2.81 bits per heavy atom. The SMILES string of the molecule is CCCNC(CC1CCC1)c1ccc2c(c1)C(C)(C)CO2. The summed E-state index contributed by atoms with van der Waals surface area (Å²) >= 11 is 0. The van der Waals surface area contributed by atoms with Crippen LogP contribution in [0, 0.1) is 5.92 Å². The molecule has 1 heterocycles. The fourth-order valence-electron chi connectivity index (χ4n) is 3.47. The van der Waals surface area contributed by atoms with Crippen molar-refractivity contribution in [1.29, 1.82) is 0 Å². The predicted octanol–water partition coefficient (Wildman–Crippen LogP) is 4.59. The minimum absolute atomic E-state index is 0.150. The van der Waals surface area contributed by atoms with Gasteiger partial charge in [0.2, 0.25) is 0 Å². The van der Waals surface area contributed by atoms with E-state index in [0.29, 0.717) is 6.04 Å². The number of hydrogen-bond acceptors (Lipinski definition) is 2. The molecule has 0 saturated heterocycles. The molecule has 1 fully saturated rings. The van der Waals surface area contributed by atoms with Gasteiger partial charge < -0.3 is 10.1 Å². The van der Waals surface area contributed by atoms with Gasteiger partial charge in [0.05, 0.1) is 6.61 Å². The molecule has 0 amide bonds. The molecule has 116 valence electrons. The second-order valence-electron chi connectivity index (χ2n) is 7.47. The number of benzene rings is 1. The molecule has 0 aromatic heterocycles. The van der Waals surface area contributed by atoms with Crippen LogP contribution in [0.1, 0.15) is 70.0 Å². The lowest BCUT2D eigenvalue weighted by molar-refractivity contribution is 0.261. The highest BCUT2D eigenvalue weighted by molar-refractivity contribution is 5.45. The summed E-state index contributed by atoms with van der Waals surface area (Å²) in [6.45, 7) is 8.72. The molecule has 1 aromatic carbocycles. The predicted molar refractivity (Wildman–Crippen MR) is 88.0 cm³/mol. The standard InChI is InChI=1S/C19H29NO/c1-4-10-20-17(11-14-6-5-7-14)15-8-9-18-16(12-15)19(2,3)13-21-18/h8-9,12,14,17,20H,4-7,10-11,13H2,1-3H3. The minimum atomic E-state index is 0.150. The molecule has 2 heteroatoms. The van der Waals surface area contributed by atoms with Gasteiger partial charge in [0.1, 0.15) is 5.75 Å². The Labute approximate surface area is 129 Å². The topological polar surface area (TPSA) is 21.3 Å². The highest BCUT2D eigenvalue weighted by Gasteiger charge is 2.32. The molecule has 1 saturated carbocycles.